The first-order valence-electron chi connectivity index (χ1n) is 7.57. The second-order valence-electron chi connectivity index (χ2n) is 5.46. The SMILES string of the molecule is COc1ccc(C(=O)OC(c2cc3c(cc2Br)OCO3)C(C)Br)cc1. The fraction of sp³-hybridized carbons (Fsp3) is 0.278. The molecule has 2 atom stereocenters. The average molecular weight is 472 g/mol. The van der Waals surface area contributed by atoms with Crippen LogP contribution in [0.4, 0.5) is 0 Å². The van der Waals surface area contributed by atoms with Crippen molar-refractivity contribution in [3.8, 4) is 17.2 Å². The predicted octanol–water partition coefficient (Wildman–Crippen LogP) is 4.87. The van der Waals surface area contributed by atoms with E-state index < -0.39 is 12.1 Å². The van der Waals surface area contributed by atoms with Gasteiger partial charge in [-0.05, 0) is 43.3 Å². The first kappa shape index (κ1) is 18.1. The van der Waals surface area contributed by atoms with Crippen molar-refractivity contribution >= 4 is 37.8 Å². The Bertz CT molecular complexity index is 774. The van der Waals surface area contributed by atoms with Crippen LogP contribution >= 0.6 is 31.9 Å². The van der Waals surface area contributed by atoms with Crippen LogP contribution in [-0.2, 0) is 4.74 Å². The normalized spacial score (nSPS) is 14.7. The van der Waals surface area contributed by atoms with Gasteiger partial charge < -0.3 is 18.9 Å². The molecular weight excluding hydrogens is 456 g/mol. The van der Waals surface area contributed by atoms with E-state index in [0.29, 0.717) is 22.8 Å². The Balaban J connectivity index is 1.85. The molecule has 0 bridgehead atoms. The summed E-state index contributed by atoms with van der Waals surface area (Å²) in [7, 11) is 1.58. The molecule has 0 fully saturated rings. The number of esters is 1. The maximum Gasteiger partial charge on any atom is 0.338 e. The Kier molecular flexibility index (Phi) is 5.54. The molecule has 0 aromatic heterocycles. The van der Waals surface area contributed by atoms with Gasteiger partial charge in [-0.1, -0.05) is 31.9 Å². The molecule has 1 aliphatic rings. The molecule has 1 heterocycles. The lowest BCUT2D eigenvalue weighted by Crippen LogP contribution is -2.18. The zero-order valence-electron chi connectivity index (χ0n) is 13.6. The first-order chi connectivity index (χ1) is 12.0. The molecule has 1 aliphatic heterocycles. The van der Waals surface area contributed by atoms with Gasteiger partial charge in [0.15, 0.2) is 11.5 Å². The minimum absolute atomic E-state index is 0.105. The first-order valence-corrected chi connectivity index (χ1v) is 9.28. The molecule has 0 saturated heterocycles. The number of methoxy groups -OCH3 is 1. The van der Waals surface area contributed by atoms with Crippen LogP contribution in [0, 0.1) is 0 Å². The van der Waals surface area contributed by atoms with Crippen LogP contribution in [0.1, 0.15) is 28.9 Å². The lowest BCUT2D eigenvalue weighted by molar-refractivity contribution is 0.0302. The number of carbonyl (C=O) groups is 1. The number of hydrogen-bond donors (Lipinski definition) is 0. The van der Waals surface area contributed by atoms with Crippen molar-refractivity contribution in [3.05, 3.63) is 52.0 Å². The van der Waals surface area contributed by atoms with Gasteiger partial charge in [0.2, 0.25) is 6.79 Å². The van der Waals surface area contributed by atoms with Gasteiger partial charge in [0.05, 0.1) is 17.5 Å². The molecule has 25 heavy (non-hydrogen) atoms. The van der Waals surface area contributed by atoms with E-state index >= 15 is 0 Å². The molecule has 0 radical (unpaired) electrons. The standard InChI is InChI=1S/C18H16Br2O5/c1-10(19)17(13-7-15-16(8-14(13)20)24-9-23-15)25-18(21)11-3-5-12(22-2)6-4-11/h3-8,10,17H,9H2,1-2H3. The minimum Gasteiger partial charge on any atom is -0.497 e. The van der Waals surface area contributed by atoms with E-state index in [1.807, 2.05) is 19.1 Å². The van der Waals surface area contributed by atoms with Gasteiger partial charge in [-0.25, -0.2) is 4.79 Å². The highest BCUT2D eigenvalue weighted by Crippen LogP contribution is 2.41. The molecule has 5 nitrogen and oxygen atoms in total. The zero-order valence-corrected chi connectivity index (χ0v) is 16.8. The van der Waals surface area contributed by atoms with Crippen molar-refractivity contribution in [1.82, 2.24) is 0 Å². The Morgan fingerprint density at radius 2 is 1.80 bits per heavy atom. The van der Waals surface area contributed by atoms with Gasteiger partial charge in [0.1, 0.15) is 11.9 Å². The van der Waals surface area contributed by atoms with Crippen molar-refractivity contribution in [2.75, 3.05) is 13.9 Å². The smallest absolute Gasteiger partial charge is 0.338 e. The van der Waals surface area contributed by atoms with Crippen molar-refractivity contribution in [1.29, 1.82) is 0 Å². The number of benzene rings is 2. The molecule has 0 aliphatic carbocycles. The highest BCUT2D eigenvalue weighted by Gasteiger charge is 2.27. The average Bonchev–Trinajstić information content (AvgIpc) is 3.06. The number of carbonyl (C=O) groups excluding carboxylic acids is 1. The molecule has 132 valence electrons. The molecular formula is C18H16Br2O5. The molecule has 0 saturated carbocycles. The quantitative estimate of drug-likeness (QED) is 0.460. The minimum atomic E-state index is -0.501. The van der Waals surface area contributed by atoms with Crippen molar-refractivity contribution in [3.63, 3.8) is 0 Å². The van der Waals surface area contributed by atoms with Gasteiger partial charge in [-0.15, -0.1) is 0 Å². The van der Waals surface area contributed by atoms with Crippen LogP contribution in [0.5, 0.6) is 17.2 Å². The maximum absolute atomic E-state index is 12.5. The second kappa shape index (κ2) is 7.66. The van der Waals surface area contributed by atoms with Gasteiger partial charge in [0, 0.05) is 10.0 Å². The molecule has 0 N–H and O–H groups in total. The van der Waals surface area contributed by atoms with Gasteiger partial charge in [-0.2, -0.15) is 0 Å². The summed E-state index contributed by atoms with van der Waals surface area (Å²) in [4.78, 5) is 12.4. The molecule has 0 amide bonds. The zero-order chi connectivity index (χ0) is 18.0. The summed E-state index contributed by atoms with van der Waals surface area (Å²) in [6, 6.07) is 10.4. The van der Waals surface area contributed by atoms with Gasteiger partial charge >= 0.3 is 5.97 Å². The lowest BCUT2D eigenvalue weighted by atomic mass is 10.1. The third-order valence-corrected chi connectivity index (χ3v) is 4.94. The van der Waals surface area contributed by atoms with Crippen LogP contribution in [0.2, 0.25) is 0 Å². The number of ether oxygens (including phenoxy) is 4. The molecule has 3 rings (SSSR count). The fourth-order valence-corrected chi connectivity index (χ4v) is 3.41. The second-order valence-corrected chi connectivity index (χ2v) is 7.76. The molecule has 2 aromatic carbocycles. The van der Waals surface area contributed by atoms with Crippen LogP contribution in [0.15, 0.2) is 40.9 Å². The summed E-state index contributed by atoms with van der Waals surface area (Å²) in [6.07, 6.45) is -0.501. The number of rotatable bonds is 5. The van der Waals surface area contributed by atoms with Crippen LogP contribution in [0.25, 0.3) is 0 Å². The Morgan fingerprint density at radius 3 is 2.40 bits per heavy atom. The van der Waals surface area contributed by atoms with Crippen molar-refractivity contribution in [2.24, 2.45) is 0 Å². The van der Waals surface area contributed by atoms with Crippen molar-refractivity contribution in [2.45, 2.75) is 17.9 Å². The largest absolute Gasteiger partial charge is 0.497 e. The summed E-state index contributed by atoms with van der Waals surface area (Å²) in [6.45, 7) is 2.11. The number of halogens is 2. The number of alkyl halides is 1. The monoisotopic (exact) mass is 470 g/mol. The third-order valence-electron chi connectivity index (χ3n) is 3.78. The van der Waals surface area contributed by atoms with E-state index in [-0.39, 0.29) is 11.6 Å². The highest BCUT2D eigenvalue weighted by atomic mass is 79.9. The van der Waals surface area contributed by atoms with Crippen LogP contribution in [-0.4, -0.2) is 24.7 Å². The summed E-state index contributed by atoms with van der Waals surface area (Å²) in [5.74, 6) is 1.57. The Labute approximate surface area is 162 Å². The van der Waals surface area contributed by atoms with Crippen molar-refractivity contribution < 1.29 is 23.7 Å². The molecule has 0 spiro atoms. The fourth-order valence-electron chi connectivity index (χ4n) is 2.47. The Morgan fingerprint density at radius 1 is 1.16 bits per heavy atom. The van der Waals surface area contributed by atoms with Gasteiger partial charge in [-0.3, -0.25) is 0 Å². The van der Waals surface area contributed by atoms with E-state index in [4.69, 9.17) is 18.9 Å². The van der Waals surface area contributed by atoms with Gasteiger partial charge in [0.25, 0.3) is 0 Å². The molecule has 2 unspecified atom stereocenters. The summed E-state index contributed by atoms with van der Waals surface area (Å²) in [5.41, 5.74) is 1.26. The van der Waals surface area contributed by atoms with E-state index in [1.54, 1.807) is 31.4 Å². The summed E-state index contributed by atoms with van der Waals surface area (Å²) >= 11 is 7.05. The molecule has 7 heteroatoms. The van der Waals surface area contributed by atoms with E-state index in [0.717, 1.165) is 10.0 Å². The third kappa shape index (κ3) is 3.93. The Hall–Kier alpha value is -1.73. The van der Waals surface area contributed by atoms with Crippen LogP contribution < -0.4 is 14.2 Å². The summed E-state index contributed by atoms with van der Waals surface area (Å²) in [5, 5.41) is 0. The number of hydrogen-bond acceptors (Lipinski definition) is 5. The molecule has 2 aromatic rings. The lowest BCUT2D eigenvalue weighted by Gasteiger charge is -2.22. The van der Waals surface area contributed by atoms with E-state index in [2.05, 4.69) is 31.9 Å². The van der Waals surface area contributed by atoms with E-state index in [1.165, 1.54) is 0 Å². The van der Waals surface area contributed by atoms with Crippen LogP contribution in [0.3, 0.4) is 0 Å². The number of fused-ring (bicyclic) bond motifs is 1. The summed E-state index contributed by atoms with van der Waals surface area (Å²) < 4.78 is 22.4. The highest BCUT2D eigenvalue weighted by molar-refractivity contribution is 9.10. The maximum atomic E-state index is 12.5. The van der Waals surface area contributed by atoms with E-state index in [9.17, 15) is 4.79 Å². The predicted molar refractivity (Wildman–Crippen MR) is 99.8 cm³/mol. The topological polar surface area (TPSA) is 54.0 Å².